The normalized spacial score (nSPS) is 11.7. The molecule has 0 spiro atoms. The number of nitrogens with one attached hydrogen (secondary N) is 1. The maximum atomic E-state index is 12.2. The molecule has 4 nitrogen and oxygen atoms in total. The van der Waals surface area contributed by atoms with Crippen LogP contribution < -0.4 is 5.32 Å². The number of hydrogen-bond donors (Lipinski definition) is 1. The first-order valence-corrected chi connectivity index (χ1v) is 7.99. The lowest BCUT2D eigenvalue weighted by Gasteiger charge is -2.15. The molecule has 0 bridgehead atoms. The van der Waals surface area contributed by atoms with Gasteiger partial charge < -0.3 is 10.1 Å². The SMILES string of the molecule is Cc1ccc(C)c(NC(=O)[C@@H](C)OC(=O)Cc2ccccc2C)c1. The summed E-state index contributed by atoms with van der Waals surface area (Å²) < 4.78 is 5.26. The van der Waals surface area contributed by atoms with E-state index in [1.54, 1.807) is 6.92 Å². The van der Waals surface area contributed by atoms with Crippen molar-refractivity contribution in [2.45, 2.75) is 40.2 Å². The van der Waals surface area contributed by atoms with Crippen LogP contribution in [0.1, 0.15) is 29.2 Å². The molecule has 1 atom stereocenters. The molecule has 2 aromatic carbocycles. The third-order valence-corrected chi connectivity index (χ3v) is 3.92. The van der Waals surface area contributed by atoms with Gasteiger partial charge in [-0.3, -0.25) is 9.59 Å². The van der Waals surface area contributed by atoms with Gasteiger partial charge >= 0.3 is 5.97 Å². The van der Waals surface area contributed by atoms with Gasteiger partial charge in [-0.15, -0.1) is 0 Å². The Kier molecular flexibility index (Phi) is 5.74. The molecule has 4 heteroatoms. The van der Waals surface area contributed by atoms with Crippen molar-refractivity contribution in [3.63, 3.8) is 0 Å². The van der Waals surface area contributed by atoms with Gasteiger partial charge in [0.05, 0.1) is 6.42 Å². The fourth-order valence-corrected chi connectivity index (χ4v) is 2.36. The van der Waals surface area contributed by atoms with E-state index in [0.29, 0.717) is 0 Å². The van der Waals surface area contributed by atoms with E-state index in [1.165, 1.54) is 0 Å². The summed E-state index contributed by atoms with van der Waals surface area (Å²) in [6, 6.07) is 13.5. The Hall–Kier alpha value is -2.62. The summed E-state index contributed by atoms with van der Waals surface area (Å²) in [5.74, 6) is -0.741. The summed E-state index contributed by atoms with van der Waals surface area (Å²) in [6.45, 7) is 7.40. The highest BCUT2D eigenvalue weighted by Crippen LogP contribution is 2.17. The maximum Gasteiger partial charge on any atom is 0.311 e. The quantitative estimate of drug-likeness (QED) is 0.852. The van der Waals surface area contributed by atoms with E-state index in [-0.39, 0.29) is 12.3 Å². The predicted molar refractivity (Wildman–Crippen MR) is 95.0 cm³/mol. The molecule has 0 saturated heterocycles. The van der Waals surface area contributed by atoms with Crippen molar-refractivity contribution in [2.24, 2.45) is 0 Å². The Morgan fingerprint density at radius 1 is 1.04 bits per heavy atom. The van der Waals surface area contributed by atoms with Crippen LogP contribution in [0.5, 0.6) is 0 Å². The summed E-state index contributed by atoms with van der Waals surface area (Å²) in [6.07, 6.45) is -0.685. The molecular weight excluding hydrogens is 302 g/mol. The third-order valence-electron chi connectivity index (χ3n) is 3.92. The summed E-state index contributed by atoms with van der Waals surface area (Å²) in [4.78, 5) is 24.3. The lowest BCUT2D eigenvalue weighted by Crippen LogP contribution is -2.30. The molecule has 2 aromatic rings. The number of anilines is 1. The van der Waals surface area contributed by atoms with E-state index in [4.69, 9.17) is 4.74 Å². The van der Waals surface area contributed by atoms with Gasteiger partial charge in [0.2, 0.25) is 0 Å². The van der Waals surface area contributed by atoms with Crippen LogP contribution in [0.4, 0.5) is 5.69 Å². The number of hydrogen-bond acceptors (Lipinski definition) is 3. The Labute approximate surface area is 142 Å². The standard InChI is InChI=1S/C20H23NO3/c1-13-9-10-15(3)18(11-13)21-20(23)16(4)24-19(22)12-17-8-6-5-7-14(17)2/h5-11,16H,12H2,1-4H3,(H,21,23)/t16-/m1/s1. The minimum absolute atomic E-state index is 0.160. The molecule has 24 heavy (non-hydrogen) atoms. The average molecular weight is 325 g/mol. The van der Waals surface area contributed by atoms with Crippen molar-refractivity contribution in [2.75, 3.05) is 5.32 Å². The van der Waals surface area contributed by atoms with Crippen molar-refractivity contribution >= 4 is 17.6 Å². The maximum absolute atomic E-state index is 12.2. The van der Waals surface area contributed by atoms with Crippen LogP contribution in [0.3, 0.4) is 0 Å². The third kappa shape index (κ3) is 4.69. The summed E-state index contributed by atoms with van der Waals surface area (Å²) >= 11 is 0. The topological polar surface area (TPSA) is 55.4 Å². The number of ether oxygens (including phenoxy) is 1. The number of esters is 1. The number of rotatable bonds is 5. The fraction of sp³-hybridized carbons (Fsp3) is 0.300. The Bertz CT molecular complexity index is 752. The van der Waals surface area contributed by atoms with Crippen molar-refractivity contribution in [3.05, 3.63) is 64.7 Å². The van der Waals surface area contributed by atoms with E-state index in [2.05, 4.69) is 5.32 Å². The molecule has 126 valence electrons. The molecule has 0 unspecified atom stereocenters. The molecule has 1 amide bonds. The minimum Gasteiger partial charge on any atom is -0.452 e. The first kappa shape index (κ1) is 17.7. The number of carbonyl (C=O) groups is 2. The highest BCUT2D eigenvalue weighted by molar-refractivity contribution is 5.95. The van der Waals surface area contributed by atoms with Gasteiger partial charge in [0, 0.05) is 5.69 Å². The van der Waals surface area contributed by atoms with Gasteiger partial charge in [-0.1, -0.05) is 36.4 Å². The number of aryl methyl sites for hydroxylation is 3. The predicted octanol–water partition coefficient (Wildman–Crippen LogP) is 3.72. The zero-order valence-electron chi connectivity index (χ0n) is 14.6. The highest BCUT2D eigenvalue weighted by atomic mass is 16.5. The van der Waals surface area contributed by atoms with Crippen LogP contribution in [0.15, 0.2) is 42.5 Å². The molecule has 2 rings (SSSR count). The molecule has 1 N–H and O–H groups in total. The van der Waals surface area contributed by atoms with Crippen LogP contribution in [0.25, 0.3) is 0 Å². The highest BCUT2D eigenvalue weighted by Gasteiger charge is 2.19. The van der Waals surface area contributed by atoms with Gasteiger partial charge in [0.1, 0.15) is 0 Å². The van der Waals surface area contributed by atoms with Crippen molar-refractivity contribution in [3.8, 4) is 0 Å². The smallest absolute Gasteiger partial charge is 0.311 e. The number of amides is 1. The Morgan fingerprint density at radius 2 is 1.75 bits per heavy atom. The van der Waals surface area contributed by atoms with E-state index in [9.17, 15) is 9.59 Å². The number of carbonyl (C=O) groups excluding carboxylic acids is 2. The summed E-state index contributed by atoms with van der Waals surface area (Å²) in [7, 11) is 0. The first-order valence-electron chi connectivity index (χ1n) is 7.99. The summed E-state index contributed by atoms with van der Waals surface area (Å²) in [5.41, 5.74) is 4.70. The largest absolute Gasteiger partial charge is 0.452 e. The molecule has 0 aliphatic heterocycles. The molecule has 0 aromatic heterocycles. The van der Waals surface area contributed by atoms with Crippen LogP contribution >= 0.6 is 0 Å². The second kappa shape index (κ2) is 7.77. The molecule has 0 fully saturated rings. The minimum atomic E-state index is -0.846. The van der Waals surface area contributed by atoms with E-state index < -0.39 is 12.1 Å². The Morgan fingerprint density at radius 3 is 2.46 bits per heavy atom. The van der Waals surface area contributed by atoms with Crippen LogP contribution in [0.2, 0.25) is 0 Å². The van der Waals surface area contributed by atoms with Crippen LogP contribution in [0, 0.1) is 20.8 Å². The monoisotopic (exact) mass is 325 g/mol. The lowest BCUT2D eigenvalue weighted by molar-refractivity contribution is -0.152. The molecule has 0 radical (unpaired) electrons. The zero-order chi connectivity index (χ0) is 17.7. The van der Waals surface area contributed by atoms with E-state index in [1.807, 2.05) is 63.2 Å². The Balaban J connectivity index is 1.95. The van der Waals surface area contributed by atoms with Crippen LogP contribution in [-0.4, -0.2) is 18.0 Å². The zero-order valence-corrected chi connectivity index (χ0v) is 14.6. The summed E-state index contributed by atoms with van der Waals surface area (Å²) in [5, 5.41) is 2.82. The van der Waals surface area contributed by atoms with Crippen molar-refractivity contribution < 1.29 is 14.3 Å². The molecule has 0 heterocycles. The van der Waals surface area contributed by atoms with Gasteiger partial charge in [-0.05, 0) is 56.0 Å². The molecule has 0 aliphatic carbocycles. The van der Waals surface area contributed by atoms with Gasteiger partial charge in [0.25, 0.3) is 5.91 Å². The molecule has 0 aliphatic rings. The molecule has 0 saturated carbocycles. The van der Waals surface area contributed by atoms with Crippen LogP contribution in [-0.2, 0) is 20.7 Å². The molecular formula is C20H23NO3. The fourth-order valence-electron chi connectivity index (χ4n) is 2.36. The van der Waals surface area contributed by atoms with Gasteiger partial charge in [-0.2, -0.15) is 0 Å². The van der Waals surface area contributed by atoms with E-state index in [0.717, 1.165) is 27.9 Å². The second-order valence-electron chi connectivity index (χ2n) is 6.04. The van der Waals surface area contributed by atoms with Gasteiger partial charge in [0.15, 0.2) is 6.10 Å². The second-order valence-corrected chi connectivity index (χ2v) is 6.04. The first-order chi connectivity index (χ1) is 11.4. The van der Waals surface area contributed by atoms with Crippen molar-refractivity contribution in [1.82, 2.24) is 0 Å². The number of benzene rings is 2. The van der Waals surface area contributed by atoms with E-state index >= 15 is 0 Å². The van der Waals surface area contributed by atoms with Crippen molar-refractivity contribution in [1.29, 1.82) is 0 Å². The lowest BCUT2D eigenvalue weighted by atomic mass is 10.1. The average Bonchev–Trinajstić information content (AvgIpc) is 2.53. The van der Waals surface area contributed by atoms with Gasteiger partial charge in [-0.25, -0.2) is 0 Å².